The first kappa shape index (κ1) is 14.1. The number of anilines is 1. The van der Waals surface area contributed by atoms with Gasteiger partial charge in [0.1, 0.15) is 18.4 Å². The van der Waals surface area contributed by atoms with Gasteiger partial charge in [-0.1, -0.05) is 12.1 Å². The van der Waals surface area contributed by atoms with E-state index in [1.54, 1.807) is 7.11 Å². The summed E-state index contributed by atoms with van der Waals surface area (Å²) < 4.78 is 5.39. The molecule has 5 nitrogen and oxygen atoms in total. The standard InChI is InChI=1S/C14H22N2O3/c1-19-14-5-3-2-4-13(14)16-8-6-15(7-9-16)10-12(18)11-17/h2-5,12,17-18H,6-11H2,1H3/p+1/t12-/m0/s1. The molecule has 1 aromatic rings. The highest BCUT2D eigenvalue weighted by Crippen LogP contribution is 2.27. The van der Waals surface area contributed by atoms with Gasteiger partial charge in [0, 0.05) is 0 Å². The highest BCUT2D eigenvalue weighted by molar-refractivity contribution is 5.58. The molecule has 1 aromatic carbocycles. The summed E-state index contributed by atoms with van der Waals surface area (Å²) in [5, 5.41) is 18.3. The molecule has 1 atom stereocenters. The Hall–Kier alpha value is -1.30. The van der Waals surface area contributed by atoms with Crippen LogP contribution in [0.5, 0.6) is 5.75 Å². The Labute approximate surface area is 114 Å². The number of aliphatic hydroxyl groups is 2. The third-order valence-corrected chi connectivity index (χ3v) is 3.63. The highest BCUT2D eigenvalue weighted by Gasteiger charge is 2.23. The number of nitrogens with one attached hydrogen (secondary N) is 1. The van der Waals surface area contributed by atoms with Gasteiger partial charge >= 0.3 is 0 Å². The lowest BCUT2D eigenvalue weighted by atomic mass is 10.2. The first-order valence-corrected chi connectivity index (χ1v) is 6.75. The first-order chi connectivity index (χ1) is 9.24. The van der Waals surface area contributed by atoms with E-state index in [1.807, 2.05) is 18.2 Å². The van der Waals surface area contributed by atoms with Crippen molar-refractivity contribution in [1.29, 1.82) is 0 Å². The van der Waals surface area contributed by atoms with Gasteiger partial charge in [-0.2, -0.15) is 0 Å². The van der Waals surface area contributed by atoms with Crippen molar-refractivity contribution in [3.05, 3.63) is 24.3 Å². The van der Waals surface area contributed by atoms with E-state index in [0.717, 1.165) is 37.6 Å². The van der Waals surface area contributed by atoms with Crippen LogP contribution in [0.25, 0.3) is 0 Å². The van der Waals surface area contributed by atoms with Crippen molar-refractivity contribution in [1.82, 2.24) is 0 Å². The van der Waals surface area contributed by atoms with Crippen molar-refractivity contribution in [3.8, 4) is 5.75 Å². The molecular weight excluding hydrogens is 244 g/mol. The van der Waals surface area contributed by atoms with Crippen LogP contribution in [0.2, 0.25) is 0 Å². The minimum absolute atomic E-state index is 0.153. The summed E-state index contributed by atoms with van der Waals surface area (Å²) in [6, 6.07) is 8.05. The minimum Gasteiger partial charge on any atom is -0.495 e. The molecule has 1 aliphatic rings. The number of benzene rings is 1. The van der Waals surface area contributed by atoms with E-state index in [2.05, 4.69) is 11.0 Å². The number of nitrogens with zero attached hydrogens (tertiary/aromatic N) is 1. The molecule has 0 unspecified atom stereocenters. The van der Waals surface area contributed by atoms with E-state index >= 15 is 0 Å². The van der Waals surface area contributed by atoms with Crippen LogP contribution < -0.4 is 14.5 Å². The zero-order chi connectivity index (χ0) is 13.7. The van der Waals surface area contributed by atoms with Crippen molar-refractivity contribution < 1.29 is 19.8 Å². The van der Waals surface area contributed by atoms with Crippen LogP contribution >= 0.6 is 0 Å². The van der Waals surface area contributed by atoms with Crippen LogP contribution in [0.4, 0.5) is 5.69 Å². The number of para-hydroxylation sites is 2. The number of hydrogen-bond donors (Lipinski definition) is 3. The lowest BCUT2D eigenvalue weighted by Crippen LogP contribution is -3.16. The van der Waals surface area contributed by atoms with Crippen molar-refractivity contribution in [2.75, 3.05) is 51.3 Å². The summed E-state index contributed by atoms with van der Waals surface area (Å²) >= 11 is 0. The minimum atomic E-state index is -0.604. The quantitative estimate of drug-likeness (QED) is 0.624. The van der Waals surface area contributed by atoms with Gasteiger partial charge in [0.15, 0.2) is 0 Å². The lowest BCUT2D eigenvalue weighted by molar-refractivity contribution is -0.903. The molecule has 0 bridgehead atoms. The third-order valence-electron chi connectivity index (χ3n) is 3.63. The first-order valence-electron chi connectivity index (χ1n) is 6.75. The van der Waals surface area contributed by atoms with Gasteiger partial charge in [0.05, 0.1) is 45.6 Å². The molecule has 0 aliphatic carbocycles. The number of aliphatic hydroxyl groups excluding tert-OH is 2. The summed E-state index contributed by atoms with van der Waals surface area (Å²) in [7, 11) is 1.69. The molecule has 2 rings (SSSR count). The summed E-state index contributed by atoms with van der Waals surface area (Å²) in [5.74, 6) is 0.904. The van der Waals surface area contributed by atoms with Crippen molar-refractivity contribution >= 4 is 5.69 Å². The smallest absolute Gasteiger partial charge is 0.142 e. The summed E-state index contributed by atoms with van der Waals surface area (Å²) in [5.41, 5.74) is 1.13. The SMILES string of the molecule is COc1ccccc1N1CC[NH+](C[C@H](O)CO)CC1. The molecular formula is C14H23N2O3+. The highest BCUT2D eigenvalue weighted by atomic mass is 16.5. The molecule has 106 valence electrons. The number of piperazine rings is 1. The van der Waals surface area contributed by atoms with Crippen LogP contribution in [0.3, 0.4) is 0 Å². The number of quaternary nitrogens is 1. The van der Waals surface area contributed by atoms with Crippen molar-refractivity contribution in [2.24, 2.45) is 0 Å². The molecule has 3 N–H and O–H groups in total. The molecule has 1 saturated heterocycles. The second kappa shape index (κ2) is 6.75. The van der Waals surface area contributed by atoms with E-state index in [9.17, 15) is 5.11 Å². The molecule has 1 aliphatic heterocycles. The molecule has 5 heteroatoms. The number of hydrogen-bond acceptors (Lipinski definition) is 4. The van der Waals surface area contributed by atoms with Gasteiger partial charge in [-0.25, -0.2) is 0 Å². The fraction of sp³-hybridized carbons (Fsp3) is 0.571. The van der Waals surface area contributed by atoms with Crippen molar-refractivity contribution in [3.63, 3.8) is 0 Å². The average Bonchev–Trinajstić information content (AvgIpc) is 2.48. The van der Waals surface area contributed by atoms with Crippen LogP contribution in [0, 0.1) is 0 Å². The normalized spacial score (nSPS) is 18.4. The molecule has 0 aromatic heterocycles. The van der Waals surface area contributed by atoms with Gasteiger partial charge < -0.3 is 24.7 Å². The molecule has 0 radical (unpaired) electrons. The molecule has 1 heterocycles. The monoisotopic (exact) mass is 267 g/mol. The Bertz CT molecular complexity index is 392. The predicted octanol–water partition coefficient (Wildman–Crippen LogP) is -1.25. The maximum absolute atomic E-state index is 9.47. The molecule has 19 heavy (non-hydrogen) atoms. The van der Waals surface area contributed by atoms with Gasteiger partial charge in [-0.3, -0.25) is 0 Å². The Balaban J connectivity index is 1.92. The number of rotatable bonds is 5. The lowest BCUT2D eigenvalue weighted by Gasteiger charge is -2.34. The van der Waals surface area contributed by atoms with Crippen LogP contribution in [0.15, 0.2) is 24.3 Å². The largest absolute Gasteiger partial charge is 0.495 e. The molecule has 1 fully saturated rings. The maximum atomic E-state index is 9.47. The Kier molecular flexibility index (Phi) is 5.01. The van der Waals surface area contributed by atoms with E-state index in [1.165, 1.54) is 4.90 Å². The number of ether oxygens (including phenoxy) is 1. The topological polar surface area (TPSA) is 57.4 Å². The molecule has 0 saturated carbocycles. The van der Waals surface area contributed by atoms with E-state index in [4.69, 9.17) is 9.84 Å². The van der Waals surface area contributed by atoms with E-state index < -0.39 is 6.10 Å². The second-order valence-electron chi connectivity index (χ2n) is 4.95. The van der Waals surface area contributed by atoms with Gasteiger partial charge in [0.2, 0.25) is 0 Å². The number of methoxy groups -OCH3 is 1. The Morgan fingerprint density at radius 3 is 2.63 bits per heavy atom. The van der Waals surface area contributed by atoms with Gasteiger partial charge in [0.25, 0.3) is 0 Å². The fourth-order valence-corrected chi connectivity index (χ4v) is 2.56. The van der Waals surface area contributed by atoms with Crippen LogP contribution in [0.1, 0.15) is 0 Å². The van der Waals surface area contributed by atoms with Crippen LogP contribution in [-0.4, -0.2) is 62.8 Å². The zero-order valence-corrected chi connectivity index (χ0v) is 11.4. The summed E-state index contributed by atoms with van der Waals surface area (Å²) in [6.45, 7) is 4.28. The maximum Gasteiger partial charge on any atom is 0.142 e. The van der Waals surface area contributed by atoms with Gasteiger partial charge in [-0.15, -0.1) is 0 Å². The Morgan fingerprint density at radius 1 is 1.32 bits per heavy atom. The van der Waals surface area contributed by atoms with Crippen molar-refractivity contribution in [2.45, 2.75) is 6.10 Å². The molecule has 0 amide bonds. The fourth-order valence-electron chi connectivity index (χ4n) is 2.56. The third kappa shape index (κ3) is 3.59. The summed E-state index contributed by atoms with van der Waals surface area (Å²) in [4.78, 5) is 3.65. The predicted molar refractivity (Wildman–Crippen MR) is 73.9 cm³/mol. The molecule has 0 spiro atoms. The average molecular weight is 267 g/mol. The zero-order valence-electron chi connectivity index (χ0n) is 11.4. The van der Waals surface area contributed by atoms with Crippen LogP contribution in [-0.2, 0) is 0 Å². The van der Waals surface area contributed by atoms with Gasteiger partial charge in [-0.05, 0) is 12.1 Å². The van der Waals surface area contributed by atoms with E-state index in [-0.39, 0.29) is 6.61 Å². The Morgan fingerprint density at radius 2 is 2.00 bits per heavy atom. The summed E-state index contributed by atoms with van der Waals surface area (Å²) in [6.07, 6.45) is -0.604. The van der Waals surface area contributed by atoms with E-state index in [0.29, 0.717) is 6.54 Å². The second-order valence-corrected chi connectivity index (χ2v) is 4.95.